The van der Waals surface area contributed by atoms with Crippen LogP contribution in [0.2, 0.25) is 0 Å². The number of alkyl carbamates (subject to hydrolysis) is 1. The number of rotatable bonds is 10. The average molecular weight is 589 g/mol. The monoisotopic (exact) mass is 588 g/mol. The van der Waals surface area contributed by atoms with Crippen molar-refractivity contribution in [2.75, 3.05) is 19.5 Å². The topological polar surface area (TPSA) is 85.9 Å². The second-order valence-corrected chi connectivity index (χ2v) is 9.53. The minimum absolute atomic E-state index is 0.0321. The van der Waals surface area contributed by atoms with Crippen LogP contribution >= 0.6 is 15.9 Å². The Morgan fingerprint density at radius 3 is 2.05 bits per heavy atom. The molecule has 4 aromatic rings. The van der Waals surface area contributed by atoms with Crippen molar-refractivity contribution in [3.05, 3.63) is 130 Å². The summed E-state index contributed by atoms with van der Waals surface area (Å²) in [4.78, 5) is 27.3. The first-order valence-corrected chi connectivity index (χ1v) is 13.0. The number of nitrogens with one attached hydrogen (secondary N) is 2. The van der Waals surface area contributed by atoms with Crippen molar-refractivity contribution in [1.82, 2.24) is 5.32 Å². The third-order valence-corrected chi connectivity index (χ3v) is 7.02. The van der Waals surface area contributed by atoms with Gasteiger partial charge in [0.05, 0.1) is 20.3 Å². The van der Waals surface area contributed by atoms with Crippen molar-refractivity contribution >= 4 is 33.7 Å². The van der Waals surface area contributed by atoms with Crippen LogP contribution < -0.4 is 15.4 Å². The minimum atomic E-state index is -1.73. The van der Waals surface area contributed by atoms with Gasteiger partial charge in [0.2, 0.25) is 0 Å². The highest BCUT2D eigenvalue weighted by Gasteiger charge is 2.52. The molecule has 0 saturated carbocycles. The number of methoxy groups -OCH3 is 2. The lowest BCUT2D eigenvalue weighted by Gasteiger charge is -2.40. The SMILES string of the molecule is COC(=O)[C@@](NC(=O)OCc1ccccc1)(c1ccccc1)[C@H](Nc1ccc(OC)cc1)c1ccccc1Br. The number of benzene rings is 4. The lowest BCUT2D eigenvalue weighted by molar-refractivity contribution is -0.150. The molecular formula is C31H29BrN2O5. The molecule has 7 nitrogen and oxygen atoms in total. The minimum Gasteiger partial charge on any atom is -0.497 e. The van der Waals surface area contributed by atoms with Gasteiger partial charge in [-0.1, -0.05) is 94.8 Å². The molecule has 0 heterocycles. The smallest absolute Gasteiger partial charge is 0.408 e. The fourth-order valence-electron chi connectivity index (χ4n) is 4.36. The zero-order chi connectivity index (χ0) is 27.7. The number of anilines is 1. The van der Waals surface area contributed by atoms with Crippen molar-refractivity contribution in [1.29, 1.82) is 0 Å². The molecule has 0 aliphatic carbocycles. The summed E-state index contributed by atoms with van der Waals surface area (Å²) in [5.41, 5.74) is 1.00. The molecule has 39 heavy (non-hydrogen) atoms. The molecule has 8 heteroatoms. The molecule has 200 valence electrons. The molecule has 0 unspecified atom stereocenters. The summed E-state index contributed by atoms with van der Waals surface area (Å²) in [6.45, 7) is 0.0321. The number of halogens is 1. The van der Waals surface area contributed by atoms with Gasteiger partial charge in [0.1, 0.15) is 12.4 Å². The van der Waals surface area contributed by atoms with Crippen LogP contribution in [0.1, 0.15) is 22.7 Å². The van der Waals surface area contributed by atoms with E-state index in [9.17, 15) is 9.59 Å². The summed E-state index contributed by atoms with van der Waals surface area (Å²) in [6.07, 6.45) is -0.776. The molecule has 0 aliphatic rings. The molecule has 4 aromatic carbocycles. The van der Waals surface area contributed by atoms with Crippen molar-refractivity contribution in [3.63, 3.8) is 0 Å². The molecule has 2 N–H and O–H groups in total. The highest BCUT2D eigenvalue weighted by Crippen LogP contribution is 2.42. The largest absolute Gasteiger partial charge is 0.497 e. The van der Waals surface area contributed by atoms with Crippen LogP contribution in [-0.4, -0.2) is 26.3 Å². The maximum atomic E-state index is 13.9. The second-order valence-electron chi connectivity index (χ2n) is 8.68. The molecule has 0 radical (unpaired) electrons. The molecular weight excluding hydrogens is 560 g/mol. The van der Waals surface area contributed by atoms with Gasteiger partial charge in [0.15, 0.2) is 5.54 Å². The zero-order valence-corrected chi connectivity index (χ0v) is 23.2. The highest BCUT2D eigenvalue weighted by atomic mass is 79.9. The lowest BCUT2D eigenvalue weighted by atomic mass is 9.78. The number of carbonyl (C=O) groups is 2. The molecule has 0 spiro atoms. The van der Waals surface area contributed by atoms with Gasteiger partial charge in [-0.25, -0.2) is 9.59 Å². The summed E-state index contributed by atoms with van der Waals surface area (Å²) in [6, 6.07) is 32.2. The van der Waals surface area contributed by atoms with Crippen molar-refractivity contribution in [3.8, 4) is 5.75 Å². The second kappa shape index (κ2) is 13.0. The van der Waals surface area contributed by atoms with Gasteiger partial charge < -0.3 is 19.5 Å². The molecule has 2 atom stereocenters. The van der Waals surface area contributed by atoms with Gasteiger partial charge in [-0.15, -0.1) is 0 Å². The Balaban J connectivity index is 1.84. The van der Waals surface area contributed by atoms with Gasteiger partial charge in [-0.05, 0) is 47.0 Å². The third kappa shape index (κ3) is 6.41. The zero-order valence-electron chi connectivity index (χ0n) is 21.6. The number of ether oxygens (including phenoxy) is 3. The van der Waals surface area contributed by atoms with Crippen molar-refractivity contribution < 1.29 is 23.8 Å². The Morgan fingerprint density at radius 2 is 1.44 bits per heavy atom. The van der Waals surface area contributed by atoms with Crippen LogP contribution in [-0.2, 0) is 26.4 Å². The van der Waals surface area contributed by atoms with E-state index >= 15 is 0 Å². The number of amides is 1. The van der Waals surface area contributed by atoms with E-state index in [2.05, 4.69) is 26.6 Å². The standard InChI is InChI=1S/C31H29BrN2O5/c1-37-25-19-17-24(18-20-25)33-28(26-15-9-10-16-27(26)32)31(29(35)38-2,23-13-7-4-8-14-23)34-30(36)39-21-22-11-5-3-6-12-22/h3-20,28,33H,21H2,1-2H3,(H,34,36)/t28-,31-/m1/s1. The maximum Gasteiger partial charge on any atom is 0.408 e. The predicted octanol–water partition coefficient (Wildman–Crippen LogP) is 6.61. The predicted molar refractivity (Wildman–Crippen MR) is 153 cm³/mol. The van der Waals surface area contributed by atoms with Gasteiger partial charge >= 0.3 is 12.1 Å². The normalized spacial score (nSPS) is 12.9. The van der Waals surface area contributed by atoms with Crippen LogP contribution in [0.3, 0.4) is 0 Å². The van der Waals surface area contributed by atoms with Crippen LogP contribution in [0.5, 0.6) is 5.75 Å². The molecule has 0 aromatic heterocycles. The van der Waals surface area contributed by atoms with Crippen molar-refractivity contribution in [2.24, 2.45) is 0 Å². The van der Waals surface area contributed by atoms with Gasteiger partial charge in [0, 0.05) is 10.2 Å². The fraction of sp³-hybridized carbons (Fsp3) is 0.161. The maximum absolute atomic E-state index is 13.9. The molecule has 0 bridgehead atoms. The van der Waals surface area contributed by atoms with E-state index in [0.29, 0.717) is 22.6 Å². The third-order valence-electron chi connectivity index (χ3n) is 6.30. The molecule has 0 fully saturated rings. The van der Waals surface area contributed by atoms with E-state index in [4.69, 9.17) is 14.2 Å². The summed E-state index contributed by atoms with van der Waals surface area (Å²) in [5.74, 6) is 0.00928. The van der Waals surface area contributed by atoms with Crippen LogP contribution in [0.15, 0.2) is 114 Å². The first-order valence-electron chi connectivity index (χ1n) is 12.3. The first kappa shape index (κ1) is 27.7. The van der Waals surface area contributed by atoms with E-state index in [0.717, 1.165) is 10.0 Å². The Labute approximate surface area is 236 Å². The van der Waals surface area contributed by atoms with Crippen LogP contribution in [0, 0.1) is 0 Å². The van der Waals surface area contributed by atoms with E-state index < -0.39 is 23.6 Å². The Bertz CT molecular complexity index is 1380. The van der Waals surface area contributed by atoms with Gasteiger partial charge in [-0.2, -0.15) is 0 Å². The fourth-order valence-corrected chi connectivity index (χ4v) is 4.88. The Morgan fingerprint density at radius 1 is 0.821 bits per heavy atom. The number of carbonyl (C=O) groups excluding carboxylic acids is 2. The quantitative estimate of drug-likeness (QED) is 0.203. The van der Waals surface area contributed by atoms with E-state index in [-0.39, 0.29) is 6.61 Å². The Kier molecular flexibility index (Phi) is 9.22. The van der Waals surface area contributed by atoms with Crippen molar-refractivity contribution in [2.45, 2.75) is 18.2 Å². The highest BCUT2D eigenvalue weighted by molar-refractivity contribution is 9.10. The van der Waals surface area contributed by atoms with Gasteiger partial charge in [0.25, 0.3) is 0 Å². The summed E-state index contributed by atoms with van der Waals surface area (Å²) in [7, 11) is 2.89. The average Bonchev–Trinajstić information content (AvgIpc) is 2.99. The van der Waals surface area contributed by atoms with Crippen LogP contribution in [0.25, 0.3) is 0 Å². The molecule has 4 rings (SSSR count). The molecule has 0 aliphatic heterocycles. The number of hydrogen-bond acceptors (Lipinski definition) is 6. The summed E-state index contributed by atoms with van der Waals surface area (Å²) >= 11 is 3.64. The first-order chi connectivity index (χ1) is 19.0. The van der Waals surface area contributed by atoms with Gasteiger partial charge in [-0.3, -0.25) is 5.32 Å². The van der Waals surface area contributed by atoms with E-state index in [1.807, 2.05) is 84.9 Å². The molecule has 1 amide bonds. The van der Waals surface area contributed by atoms with E-state index in [1.165, 1.54) is 7.11 Å². The molecule has 0 saturated heterocycles. The lowest BCUT2D eigenvalue weighted by Crippen LogP contribution is -2.58. The van der Waals surface area contributed by atoms with Crippen LogP contribution in [0.4, 0.5) is 10.5 Å². The van der Waals surface area contributed by atoms with E-state index in [1.54, 1.807) is 31.4 Å². The number of esters is 1. The Hall–Kier alpha value is -4.30. The summed E-state index contributed by atoms with van der Waals surface area (Å²) in [5, 5.41) is 6.36. The summed E-state index contributed by atoms with van der Waals surface area (Å²) < 4.78 is 17.0. The number of hydrogen-bond donors (Lipinski definition) is 2.